The fraction of sp³-hybridized carbons (Fsp3) is 0.562. The molecular formula is C16H25N5. The zero-order valence-corrected chi connectivity index (χ0v) is 13.0. The van der Waals surface area contributed by atoms with Gasteiger partial charge in [-0.1, -0.05) is 6.07 Å². The second-order valence-corrected chi connectivity index (χ2v) is 5.81. The van der Waals surface area contributed by atoms with Crippen molar-refractivity contribution in [2.45, 2.75) is 19.4 Å². The van der Waals surface area contributed by atoms with Crippen LogP contribution in [0.3, 0.4) is 0 Å². The third-order valence-corrected chi connectivity index (χ3v) is 4.26. The Balaban J connectivity index is 1.78. The summed E-state index contributed by atoms with van der Waals surface area (Å²) in [5.41, 5.74) is 2.25. The highest BCUT2D eigenvalue weighted by atomic mass is 15.2. The highest BCUT2D eigenvalue weighted by molar-refractivity contribution is 5.55. The van der Waals surface area contributed by atoms with Crippen molar-refractivity contribution in [2.75, 3.05) is 45.2 Å². The van der Waals surface area contributed by atoms with Gasteiger partial charge < -0.3 is 19.5 Å². The lowest BCUT2D eigenvalue weighted by Crippen LogP contribution is -2.32. The van der Waals surface area contributed by atoms with E-state index in [2.05, 4.69) is 44.9 Å². The largest absolute Gasteiger partial charge is 0.357 e. The SMILES string of the molecule is CNCc1c(N(C)CCN2CCCC2)nc2ccccn12. The fourth-order valence-corrected chi connectivity index (χ4v) is 3.08. The van der Waals surface area contributed by atoms with Gasteiger partial charge in [0.2, 0.25) is 0 Å². The smallest absolute Gasteiger partial charge is 0.152 e. The zero-order valence-electron chi connectivity index (χ0n) is 13.0. The molecule has 0 radical (unpaired) electrons. The summed E-state index contributed by atoms with van der Waals surface area (Å²) in [4.78, 5) is 9.64. The highest BCUT2D eigenvalue weighted by Crippen LogP contribution is 2.21. The summed E-state index contributed by atoms with van der Waals surface area (Å²) in [5, 5.41) is 3.26. The Morgan fingerprint density at radius 1 is 1.29 bits per heavy atom. The van der Waals surface area contributed by atoms with Gasteiger partial charge in [0.15, 0.2) is 5.82 Å². The summed E-state index contributed by atoms with van der Waals surface area (Å²) in [6, 6.07) is 6.17. The van der Waals surface area contributed by atoms with Gasteiger partial charge in [0.25, 0.3) is 0 Å². The number of hydrogen-bond donors (Lipinski definition) is 1. The summed E-state index contributed by atoms with van der Waals surface area (Å²) in [5.74, 6) is 1.09. The van der Waals surface area contributed by atoms with E-state index in [0.29, 0.717) is 0 Å². The Morgan fingerprint density at radius 2 is 2.10 bits per heavy atom. The first kappa shape index (κ1) is 14.4. The van der Waals surface area contributed by atoms with Gasteiger partial charge in [-0.05, 0) is 45.1 Å². The molecule has 0 unspecified atom stereocenters. The first-order valence-corrected chi connectivity index (χ1v) is 7.83. The predicted octanol–water partition coefficient (Wildman–Crippen LogP) is 1.59. The lowest BCUT2D eigenvalue weighted by molar-refractivity contribution is 0.346. The maximum atomic E-state index is 4.81. The molecule has 2 aromatic heterocycles. The lowest BCUT2D eigenvalue weighted by atomic mass is 10.3. The molecule has 0 bridgehead atoms. The monoisotopic (exact) mass is 287 g/mol. The molecule has 0 atom stereocenters. The number of hydrogen-bond acceptors (Lipinski definition) is 4. The second-order valence-electron chi connectivity index (χ2n) is 5.81. The maximum Gasteiger partial charge on any atom is 0.152 e. The van der Waals surface area contributed by atoms with Crippen LogP contribution in [0.2, 0.25) is 0 Å². The van der Waals surface area contributed by atoms with Crippen molar-refractivity contribution in [1.29, 1.82) is 0 Å². The van der Waals surface area contributed by atoms with Gasteiger partial charge in [0, 0.05) is 32.9 Å². The van der Waals surface area contributed by atoms with E-state index in [-0.39, 0.29) is 0 Å². The molecule has 21 heavy (non-hydrogen) atoms. The molecule has 0 spiro atoms. The van der Waals surface area contributed by atoms with Crippen molar-refractivity contribution in [3.05, 3.63) is 30.1 Å². The molecule has 114 valence electrons. The number of anilines is 1. The first-order chi connectivity index (χ1) is 10.3. The number of aromatic nitrogens is 2. The topological polar surface area (TPSA) is 35.8 Å². The lowest BCUT2D eigenvalue weighted by Gasteiger charge is -2.22. The van der Waals surface area contributed by atoms with Crippen LogP contribution >= 0.6 is 0 Å². The molecular weight excluding hydrogens is 262 g/mol. The molecule has 0 aliphatic carbocycles. The molecule has 1 aliphatic heterocycles. The van der Waals surface area contributed by atoms with Gasteiger partial charge in [-0.15, -0.1) is 0 Å². The average Bonchev–Trinajstić information content (AvgIpc) is 3.13. The summed E-state index contributed by atoms with van der Waals surface area (Å²) in [6.45, 7) is 5.49. The standard InChI is InChI=1S/C16H25N5/c1-17-13-14-16(18-15-7-3-4-10-21(14)15)19(2)11-12-20-8-5-6-9-20/h3-4,7,10,17H,5-6,8-9,11-13H2,1-2H3. The number of nitrogens with zero attached hydrogens (tertiary/aromatic N) is 4. The van der Waals surface area contributed by atoms with E-state index >= 15 is 0 Å². The zero-order chi connectivity index (χ0) is 14.7. The Hall–Kier alpha value is -1.59. The van der Waals surface area contributed by atoms with Gasteiger partial charge >= 0.3 is 0 Å². The minimum absolute atomic E-state index is 0.828. The number of likely N-dealkylation sites (tertiary alicyclic amines) is 1. The Kier molecular flexibility index (Phi) is 4.41. The summed E-state index contributed by atoms with van der Waals surface area (Å²) in [7, 11) is 4.13. The molecule has 0 amide bonds. The van der Waals surface area contributed by atoms with Gasteiger partial charge in [0.1, 0.15) is 5.65 Å². The van der Waals surface area contributed by atoms with Crippen molar-refractivity contribution in [2.24, 2.45) is 0 Å². The number of pyridine rings is 1. The molecule has 1 aliphatic rings. The van der Waals surface area contributed by atoms with E-state index in [4.69, 9.17) is 4.98 Å². The average molecular weight is 287 g/mol. The molecule has 3 rings (SSSR count). The molecule has 5 nitrogen and oxygen atoms in total. The Morgan fingerprint density at radius 3 is 2.86 bits per heavy atom. The molecule has 5 heteroatoms. The van der Waals surface area contributed by atoms with Crippen LogP contribution < -0.4 is 10.2 Å². The number of nitrogens with one attached hydrogen (secondary N) is 1. The van der Waals surface area contributed by atoms with Gasteiger partial charge in [0.05, 0.1) is 5.69 Å². The van der Waals surface area contributed by atoms with Crippen LogP contribution in [0.5, 0.6) is 0 Å². The number of likely N-dealkylation sites (N-methyl/N-ethyl adjacent to an activating group) is 1. The minimum atomic E-state index is 0.828. The molecule has 1 fully saturated rings. The highest BCUT2D eigenvalue weighted by Gasteiger charge is 2.17. The van der Waals surface area contributed by atoms with E-state index in [1.54, 1.807) is 0 Å². The molecule has 3 heterocycles. The molecule has 1 saturated heterocycles. The number of rotatable bonds is 6. The third-order valence-electron chi connectivity index (χ3n) is 4.26. The van der Waals surface area contributed by atoms with Gasteiger partial charge in [-0.25, -0.2) is 4.98 Å². The van der Waals surface area contributed by atoms with E-state index in [0.717, 1.165) is 31.1 Å². The molecule has 0 aromatic carbocycles. The molecule has 2 aromatic rings. The second kappa shape index (κ2) is 6.45. The van der Waals surface area contributed by atoms with Crippen LogP contribution in [0.1, 0.15) is 18.5 Å². The summed E-state index contributed by atoms with van der Waals surface area (Å²) in [6.07, 6.45) is 4.79. The van der Waals surface area contributed by atoms with Crippen molar-refractivity contribution < 1.29 is 0 Å². The van der Waals surface area contributed by atoms with Crippen LogP contribution in [0.25, 0.3) is 5.65 Å². The quantitative estimate of drug-likeness (QED) is 0.875. The Labute approximate surface area is 126 Å². The normalized spacial score (nSPS) is 15.9. The molecule has 1 N–H and O–H groups in total. The third kappa shape index (κ3) is 3.04. The van der Waals surface area contributed by atoms with Crippen LogP contribution in [0.4, 0.5) is 5.82 Å². The maximum absolute atomic E-state index is 4.81. The van der Waals surface area contributed by atoms with Crippen molar-refractivity contribution in [3.8, 4) is 0 Å². The predicted molar refractivity (Wildman–Crippen MR) is 86.9 cm³/mol. The van der Waals surface area contributed by atoms with Crippen LogP contribution in [-0.2, 0) is 6.54 Å². The van der Waals surface area contributed by atoms with E-state index in [1.807, 2.05) is 13.1 Å². The van der Waals surface area contributed by atoms with E-state index in [1.165, 1.54) is 31.6 Å². The van der Waals surface area contributed by atoms with Crippen LogP contribution in [0.15, 0.2) is 24.4 Å². The summed E-state index contributed by atoms with van der Waals surface area (Å²) < 4.78 is 2.18. The number of fused-ring (bicyclic) bond motifs is 1. The fourth-order valence-electron chi connectivity index (χ4n) is 3.08. The first-order valence-electron chi connectivity index (χ1n) is 7.83. The van der Waals surface area contributed by atoms with Gasteiger partial charge in [-0.3, -0.25) is 0 Å². The minimum Gasteiger partial charge on any atom is -0.357 e. The van der Waals surface area contributed by atoms with E-state index < -0.39 is 0 Å². The summed E-state index contributed by atoms with van der Waals surface area (Å²) >= 11 is 0. The van der Waals surface area contributed by atoms with Gasteiger partial charge in [-0.2, -0.15) is 0 Å². The van der Waals surface area contributed by atoms with E-state index in [9.17, 15) is 0 Å². The Bertz CT molecular complexity index is 585. The van der Waals surface area contributed by atoms with Crippen LogP contribution in [-0.4, -0.2) is 54.6 Å². The number of imidazole rings is 1. The van der Waals surface area contributed by atoms with Crippen molar-refractivity contribution >= 4 is 11.5 Å². The van der Waals surface area contributed by atoms with Crippen LogP contribution in [0, 0.1) is 0 Å². The van der Waals surface area contributed by atoms with Crippen molar-refractivity contribution in [1.82, 2.24) is 19.6 Å². The molecule has 0 saturated carbocycles. The van der Waals surface area contributed by atoms with Crippen molar-refractivity contribution in [3.63, 3.8) is 0 Å².